The minimum Gasteiger partial charge on any atom is -0.205 e. The number of rotatable bonds is 24. The Kier molecular flexibility index (Phi) is 21.3. The fourth-order valence-corrected chi connectivity index (χ4v) is 4.82. The Balaban J connectivity index is 1.88. The van der Waals surface area contributed by atoms with Crippen LogP contribution in [0.4, 0.5) is 0 Å². The van der Waals surface area contributed by atoms with Gasteiger partial charge < -0.3 is 0 Å². The predicted molar refractivity (Wildman–Crippen MR) is 143 cm³/mol. The van der Waals surface area contributed by atoms with Crippen LogP contribution in [0.25, 0.3) is 0 Å². The van der Waals surface area contributed by atoms with Crippen LogP contribution in [-0.4, -0.2) is 0 Å². The second kappa shape index (κ2) is 23.3. The van der Waals surface area contributed by atoms with Crippen molar-refractivity contribution < 1.29 is 4.57 Å². The summed E-state index contributed by atoms with van der Waals surface area (Å²) in [5.74, 6) is 0. The Morgan fingerprint density at radius 1 is 0.500 bits per heavy atom. The Labute approximate surface area is 202 Å². The zero-order valence-corrected chi connectivity index (χ0v) is 22.2. The highest BCUT2D eigenvalue weighted by Gasteiger charge is 2.03. The molecule has 186 valence electrons. The summed E-state index contributed by atoms with van der Waals surface area (Å²) in [6.45, 7) is 5.79. The van der Waals surface area contributed by atoms with Crippen LogP contribution in [0.5, 0.6) is 0 Å². The smallest absolute Gasteiger partial charge is 0.171 e. The molecule has 0 amide bonds. The summed E-state index contributed by atoms with van der Waals surface area (Å²) in [5, 5.41) is 0. The molecule has 0 fully saturated rings. The van der Waals surface area contributed by atoms with Gasteiger partial charge in [0.1, 0.15) is 6.54 Å². The van der Waals surface area contributed by atoms with Gasteiger partial charge in [0.05, 0.1) is 0 Å². The van der Waals surface area contributed by atoms with E-state index in [0.29, 0.717) is 0 Å². The molecular formula is C31H58N+. The van der Waals surface area contributed by atoms with E-state index in [-0.39, 0.29) is 0 Å². The first-order chi connectivity index (χ1) is 15.9. The molecule has 0 aliphatic rings. The van der Waals surface area contributed by atoms with Crippen molar-refractivity contribution in [3.63, 3.8) is 0 Å². The number of unbranched alkanes of at least 4 members (excludes halogenated alkanes) is 20. The maximum absolute atomic E-state index is 2.43. The van der Waals surface area contributed by atoms with Crippen LogP contribution in [0, 0.1) is 0 Å². The van der Waals surface area contributed by atoms with Crippen molar-refractivity contribution in [3.05, 3.63) is 30.1 Å². The summed E-state index contributed by atoms with van der Waals surface area (Å²) in [4.78, 5) is 0. The van der Waals surface area contributed by atoms with Crippen LogP contribution < -0.4 is 4.57 Å². The van der Waals surface area contributed by atoms with Crippen LogP contribution in [0.2, 0.25) is 0 Å². The largest absolute Gasteiger partial charge is 0.205 e. The molecule has 0 N–H and O–H groups in total. The van der Waals surface area contributed by atoms with Crippen LogP contribution >= 0.6 is 0 Å². The lowest BCUT2D eigenvalue weighted by atomic mass is 10.0. The van der Waals surface area contributed by atoms with Gasteiger partial charge in [0.25, 0.3) is 0 Å². The lowest BCUT2D eigenvalue weighted by molar-refractivity contribution is -0.697. The SMILES string of the molecule is CCCCCCCCCCCCCCCCCC[n+]1cccc(CCCCCCCC)c1. The van der Waals surface area contributed by atoms with Crippen LogP contribution in [0.1, 0.15) is 161 Å². The first-order valence-electron chi connectivity index (χ1n) is 14.8. The number of hydrogen-bond acceptors (Lipinski definition) is 0. The van der Waals surface area contributed by atoms with E-state index < -0.39 is 0 Å². The highest BCUT2D eigenvalue weighted by Crippen LogP contribution is 2.14. The van der Waals surface area contributed by atoms with Crippen molar-refractivity contribution >= 4 is 0 Å². The number of aromatic nitrogens is 1. The summed E-state index contributed by atoms with van der Waals surface area (Å²) >= 11 is 0. The van der Waals surface area contributed by atoms with Gasteiger partial charge in [0, 0.05) is 18.1 Å². The maximum atomic E-state index is 2.43. The van der Waals surface area contributed by atoms with Crippen molar-refractivity contribution in [2.75, 3.05) is 0 Å². The van der Waals surface area contributed by atoms with E-state index in [0.717, 1.165) is 0 Å². The van der Waals surface area contributed by atoms with Crippen molar-refractivity contribution in [2.24, 2.45) is 0 Å². The number of hydrogen-bond donors (Lipinski definition) is 0. The molecule has 0 aliphatic carbocycles. The van der Waals surface area contributed by atoms with E-state index >= 15 is 0 Å². The standard InChI is InChI=1S/C31H58N/c1-3-5-7-9-11-12-13-14-15-16-17-18-19-20-22-24-28-32-29-25-27-31(30-32)26-23-21-10-8-6-4-2/h25,27,29-30H,3-24,26,28H2,1-2H3/q+1. The molecule has 1 rings (SSSR count). The number of nitrogens with zero attached hydrogens (tertiary/aromatic N) is 1. The van der Waals surface area contributed by atoms with Gasteiger partial charge in [0.2, 0.25) is 0 Å². The van der Waals surface area contributed by atoms with E-state index in [1.165, 1.54) is 160 Å². The van der Waals surface area contributed by atoms with Crippen LogP contribution in [0.3, 0.4) is 0 Å². The average molecular weight is 445 g/mol. The van der Waals surface area contributed by atoms with Gasteiger partial charge >= 0.3 is 0 Å². The van der Waals surface area contributed by atoms with E-state index in [9.17, 15) is 0 Å². The molecule has 32 heavy (non-hydrogen) atoms. The van der Waals surface area contributed by atoms with E-state index in [2.05, 4.69) is 42.9 Å². The zero-order valence-electron chi connectivity index (χ0n) is 22.2. The predicted octanol–water partition coefficient (Wildman–Crippen LogP) is 10.1. The minimum absolute atomic E-state index is 1.20. The van der Waals surface area contributed by atoms with Gasteiger partial charge in [0.15, 0.2) is 12.4 Å². The van der Waals surface area contributed by atoms with Crippen molar-refractivity contribution in [2.45, 2.75) is 168 Å². The second-order valence-electron chi connectivity index (χ2n) is 10.3. The minimum atomic E-state index is 1.20. The molecule has 1 heteroatoms. The third kappa shape index (κ3) is 18.7. The van der Waals surface area contributed by atoms with Gasteiger partial charge in [-0.2, -0.15) is 0 Å². The third-order valence-electron chi connectivity index (χ3n) is 7.01. The maximum Gasteiger partial charge on any atom is 0.171 e. The Bertz CT molecular complexity index is 495. The van der Waals surface area contributed by atoms with Crippen molar-refractivity contribution in [3.8, 4) is 0 Å². The Hall–Kier alpha value is -0.850. The first-order valence-corrected chi connectivity index (χ1v) is 14.8. The normalized spacial score (nSPS) is 11.3. The quantitative estimate of drug-likeness (QED) is 0.110. The summed E-state index contributed by atoms with van der Waals surface area (Å²) < 4.78 is 2.43. The molecule has 0 radical (unpaired) electrons. The molecule has 0 bridgehead atoms. The van der Waals surface area contributed by atoms with Gasteiger partial charge in [-0.3, -0.25) is 0 Å². The molecule has 0 unspecified atom stereocenters. The highest BCUT2D eigenvalue weighted by molar-refractivity contribution is 5.05. The van der Waals surface area contributed by atoms with E-state index in [1.807, 2.05) is 0 Å². The third-order valence-corrected chi connectivity index (χ3v) is 7.01. The molecule has 0 aromatic carbocycles. The molecule has 0 saturated carbocycles. The highest BCUT2D eigenvalue weighted by atomic mass is 14.9. The summed E-state index contributed by atoms with van der Waals surface area (Å²) in [5.41, 5.74) is 1.53. The monoisotopic (exact) mass is 444 g/mol. The lowest BCUT2D eigenvalue weighted by Gasteiger charge is -2.04. The molecule has 0 aliphatic heterocycles. The summed E-state index contributed by atoms with van der Waals surface area (Å²) in [6, 6.07) is 4.56. The van der Waals surface area contributed by atoms with E-state index in [1.54, 1.807) is 0 Å². The average Bonchev–Trinajstić information content (AvgIpc) is 2.81. The molecule has 1 aromatic rings. The van der Waals surface area contributed by atoms with Gasteiger partial charge in [-0.25, -0.2) is 4.57 Å². The van der Waals surface area contributed by atoms with Gasteiger partial charge in [-0.05, 0) is 25.3 Å². The number of pyridine rings is 1. The second-order valence-corrected chi connectivity index (χ2v) is 10.3. The molecular weight excluding hydrogens is 386 g/mol. The fraction of sp³-hybridized carbons (Fsp3) is 0.839. The number of aryl methyl sites for hydroxylation is 2. The summed E-state index contributed by atoms with van der Waals surface area (Å²) in [7, 11) is 0. The van der Waals surface area contributed by atoms with Crippen molar-refractivity contribution in [1.82, 2.24) is 0 Å². The molecule has 0 spiro atoms. The molecule has 1 heterocycles. The first kappa shape index (κ1) is 29.2. The lowest BCUT2D eigenvalue weighted by Crippen LogP contribution is -2.33. The molecule has 0 atom stereocenters. The molecule has 1 aromatic heterocycles. The van der Waals surface area contributed by atoms with Crippen LogP contribution in [0.15, 0.2) is 24.5 Å². The van der Waals surface area contributed by atoms with Gasteiger partial charge in [-0.15, -0.1) is 0 Å². The van der Waals surface area contributed by atoms with Crippen LogP contribution in [-0.2, 0) is 13.0 Å². The summed E-state index contributed by atoms with van der Waals surface area (Å²) in [6.07, 6.45) is 37.4. The Morgan fingerprint density at radius 2 is 0.906 bits per heavy atom. The fourth-order valence-electron chi connectivity index (χ4n) is 4.82. The topological polar surface area (TPSA) is 3.88 Å². The van der Waals surface area contributed by atoms with Gasteiger partial charge in [-0.1, -0.05) is 136 Å². The molecule has 0 saturated heterocycles. The zero-order chi connectivity index (χ0) is 23.0. The molecule has 1 nitrogen and oxygen atoms in total. The van der Waals surface area contributed by atoms with E-state index in [4.69, 9.17) is 0 Å². The Morgan fingerprint density at radius 3 is 1.38 bits per heavy atom. The van der Waals surface area contributed by atoms with Crippen molar-refractivity contribution in [1.29, 1.82) is 0 Å².